The molecule has 0 saturated heterocycles. The van der Waals surface area contributed by atoms with E-state index in [2.05, 4.69) is 0 Å². The number of hydrogen-bond acceptors (Lipinski definition) is 9. The molecule has 0 spiro atoms. The Hall–Kier alpha value is 1.54. The van der Waals surface area contributed by atoms with Gasteiger partial charge in [0.2, 0.25) is 0 Å². The minimum atomic E-state index is -2.02. The Bertz CT molecular complexity index is 267. The third-order valence-corrected chi connectivity index (χ3v) is 24.0. The van der Waals surface area contributed by atoms with Crippen molar-refractivity contribution in [3.63, 3.8) is 0 Å². The molecule has 0 fully saturated rings. The quantitative estimate of drug-likeness (QED) is 0.407. The molecule has 0 aromatic carbocycles. The van der Waals surface area contributed by atoms with Gasteiger partial charge in [-0.25, -0.2) is 0 Å². The Morgan fingerprint density at radius 3 is 1.21 bits per heavy atom. The van der Waals surface area contributed by atoms with Crippen molar-refractivity contribution in [2.45, 2.75) is 20.8 Å². The molecule has 3 nitrogen and oxygen atoms in total. The molecule has 0 N–H and O–H groups in total. The van der Waals surface area contributed by atoms with Crippen LogP contribution in [0, 0.1) is 0 Å². The van der Waals surface area contributed by atoms with E-state index < -0.39 is 16.0 Å². The first-order chi connectivity index (χ1) is 9.03. The summed E-state index contributed by atoms with van der Waals surface area (Å²) in [5.74, 6) is 0. The molecule has 0 aromatic rings. The van der Waals surface area contributed by atoms with E-state index in [1.807, 2.05) is 20.8 Å². The standard InChI is InChI=1S/3C3H6OS2.Sb/c3*1-2-4-3(5)6;/h3*2H2,1H3,(H,5,6);/q;;;+3/p-3. The van der Waals surface area contributed by atoms with E-state index in [0.717, 1.165) is 0 Å². The van der Waals surface area contributed by atoms with Gasteiger partial charge in [-0.1, -0.05) is 0 Å². The zero-order valence-corrected chi connectivity index (χ0v) is 18.2. The first kappa shape index (κ1) is 20.5. The van der Waals surface area contributed by atoms with Crippen LogP contribution in [0.3, 0.4) is 0 Å². The van der Waals surface area contributed by atoms with Gasteiger partial charge in [0.25, 0.3) is 0 Å². The molecule has 0 aromatic heterocycles. The summed E-state index contributed by atoms with van der Waals surface area (Å²) >= 11 is 13.4. The third-order valence-electron chi connectivity index (χ3n) is 1.23. The zero-order chi connectivity index (χ0) is 14.7. The maximum atomic E-state index is 5.30. The Balaban J connectivity index is 4.40. The average Bonchev–Trinajstić information content (AvgIpc) is 2.29. The van der Waals surface area contributed by atoms with Crippen molar-refractivity contribution in [2.24, 2.45) is 0 Å². The van der Waals surface area contributed by atoms with Gasteiger partial charge in [0.15, 0.2) is 0 Å². The maximum absolute atomic E-state index is 5.30. The first-order valence-electron chi connectivity index (χ1n) is 5.37. The van der Waals surface area contributed by atoms with E-state index >= 15 is 0 Å². The summed E-state index contributed by atoms with van der Waals surface area (Å²) in [5, 5.41) is 0. The number of thiocarbonyl (C=S) groups is 3. The average molecular weight is 485 g/mol. The molecule has 0 aliphatic heterocycles. The van der Waals surface area contributed by atoms with E-state index in [9.17, 15) is 0 Å². The summed E-state index contributed by atoms with van der Waals surface area (Å²) in [5.41, 5.74) is 0. The Kier molecular flexibility index (Phi) is 14.3. The third kappa shape index (κ3) is 11.8. The van der Waals surface area contributed by atoms with Crippen LogP contribution in [0.2, 0.25) is 0 Å². The Morgan fingerprint density at radius 1 is 0.737 bits per heavy atom. The van der Waals surface area contributed by atoms with Crippen molar-refractivity contribution in [1.82, 2.24) is 0 Å². The van der Waals surface area contributed by atoms with Gasteiger partial charge in [0, 0.05) is 0 Å². The van der Waals surface area contributed by atoms with Crippen LogP contribution in [0.4, 0.5) is 0 Å². The van der Waals surface area contributed by atoms with Crippen molar-refractivity contribution >= 4 is 92.4 Å². The van der Waals surface area contributed by atoms with E-state index in [4.69, 9.17) is 50.9 Å². The van der Waals surface area contributed by atoms with Gasteiger partial charge in [-0.05, 0) is 0 Å². The molecule has 0 atom stereocenters. The molecule has 0 amide bonds. The Labute approximate surface area is 145 Å². The molecule has 10 heteroatoms. The monoisotopic (exact) mass is 484 g/mol. The predicted molar refractivity (Wildman–Crippen MR) is 101 cm³/mol. The zero-order valence-electron chi connectivity index (χ0n) is 10.7. The van der Waals surface area contributed by atoms with Crippen molar-refractivity contribution in [3.05, 3.63) is 0 Å². The summed E-state index contributed by atoms with van der Waals surface area (Å²) in [6, 6.07) is 0. The van der Waals surface area contributed by atoms with Crippen LogP contribution in [0.5, 0.6) is 0 Å². The van der Waals surface area contributed by atoms with Crippen LogP contribution in [-0.2, 0) is 14.2 Å². The van der Waals surface area contributed by atoms with Gasteiger partial charge < -0.3 is 0 Å². The van der Waals surface area contributed by atoms with Crippen LogP contribution in [0.25, 0.3) is 0 Å². The summed E-state index contributed by atoms with van der Waals surface area (Å²) in [7, 11) is 4.68. The van der Waals surface area contributed by atoms with Crippen molar-refractivity contribution in [1.29, 1.82) is 0 Å². The second-order valence-corrected chi connectivity index (χ2v) is 24.1. The molecule has 0 heterocycles. The van der Waals surface area contributed by atoms with Gasteiger partial charge in [-0.2, -0.15) is 0 Å². The molecular formula is C9H15O3S6Sb. The van der Waals surface area contributed by atoms with Crippen LogP contribution in [0.15, 0.2) is 0 Å². The predicted octanol–water partition coefficient (Wildman–Crippen LogP) is 4.14. The summed E-state index contributed by atoms with van der Waals surface area (Å²) < 4.78 is 17.5. The molecule has 0 aliphatic rings. The molecule has 19 heavy (non-hydrogen) atoms. The van der Waals surface area contributed by atoms with E-state index in [1.54, 1.807) is 26.5 Å². The van der Waals surface area contributed by atoms with Crippen LogP contribution in [0.1, 0.15) is 20.8 Å². The first-order valence-corrected chi connectivity index (χ1v) is 18.3. The second kappa shape index (κ2) is 13.2. The molecule has 0 radical (unpaired) electrons. The van der Waals surface area contributed by atoms with Crippen LogP contribution >= 0.6 is 63.2 Å². The van der Waals surface area contributed by atoms with E-state index in [-0.39, 0.29) is 0 Å². The Morgan fingerprint density at radius 2 is 1.00 bits per heavy atom. The fraction of sp³-hybridized carbons (Fsp3) is 0.667. The van der Waals surface area contributed by atoms with Gasteiger partial charge in [-0.3, -0.25) is 0 Å². The molecule has 0 saturated carbocycles. The van der Waals surface area contributed by atoms with Gasteiger partial charge >= 0.3 is 147 Å². The van der Waals surface area contributed by atoms with Crippen molar-refractivity contribution in [3.8, 4) is 0 Å². The molecular weight excluding hydrogens is 470 g/mol. The molecule has 0 aliphatic carbocycles. The molecule has 0 unspecified atom stereocenters. The normalized spacial score (nSPS) is 10.1. The van der Waals surface area contributed by atoms with Crippen molar-refractivity contribution < 1.29 is 14.2 Å². The fourth-order valence-corrected chi connectivity index (χ4v) is 28.1. The van der Waals surface area contributed by atoms with Gasteiger partial charge in [0.1, 0.15) is 0 Å². The van der Waals surface area contributed by atoms with Gasteiger partial charge in [0.05, 0.1) is 0 Å². The van der Waals surface area contributed by atoms with Crippen LogP contribution in [-0.4, -0.2) is 49.0 Å². The summed E-state index contributed by atoms with van der Waals surface area (Å²) in [6.07, 6.45) is 0. The van der Waals surface area contributed by atoms with Gasteiger partial charge in [-0.15, -0.1) is 0 Å². The number of rotatable bonds is 6. The number of ether oxygens (including phenoxy) is 3. The molecule has 0 rings (SSSR count). The number of hydrogen-bond donors (Lipinski definition) is 0. The summed E-state index contributed by atoms with van der Waals surface area (Å²) in [4.78, 5) is 0. The van der Waals surface area contributed by atoms with Crippen LogP contribution < -0.4 is 0 Å². The second-order valence-electron chi connectivity index (χ2n) is 2.55. The minimum absolute atomic E-state index is 0.545. The molecule has 110 valence electrons. The SMILES string of the molecule is CCOC(=S)[S][Sb]([S]C(=S)OCC)[S]C(=S)OCC. The summed E-state index contributed by atoms with van der Waals surface area (Å²) in [6.45, 7) is 7.43. The van der Waals surface area contributed by atoms with E-state index in [1.165, 1.54) is 0 Å². The van der Waals surface area contributed by atoms with E-state index in [0.29, 0.717) is 33.0 Å². The topological polar surface area (TPSA) is 27.7 Å². The molecule has 0 bridgehead atoms. The fourth-order valence-electron chi connectivity index (χ4n) is 0.671. The van der Waals surface area contributed by atoms with Crippen molar-refractivity contribution in [2.75, 3.05) is 19.8 Å².